The fourth-order valence-corrected chi connectivity index (χ4v) is 14.7. The van der Waals surface area contributed by atoms with Crippen molar-refractivity contribution in [3.63, 3.8) is 0 Å². The number of hydrogen-bond acceptors (Lipinski definition) is 2. The summed E-state index contributed by atoms with van der Waals surface area (Å²) >= 11 is 0. The van der Waals surface area contributed by atoms with E-state index in [2.05, 4.69) is 229 Å². The molecule has 1 aromatic heterocycles. The Morgan fingerprint density at radius 1 is 0.295 bits per heavy atom. The number of benzene rings is 11. The maximum atomic E-state index is 6.16. The number of furan rings is 1. The van der Waals surface area contributed by atoms with Crippen molar-refractivity contribution in [3.8, 4) is 11.1 Å². The van der Waals surface area contributed by atoms with Crippen molar-refractivity contribution in [3.05, 3.63) is 237 Å². The molecule has 0 fully saturated rings. The fourth-order valence-electron chi connectivity index (χ4n) is 9.95. The van der Waals surface area contributed by atoms with Crippen LogP contribution in [0.25, 0.3) is 65.4 Å². The molecule has 0 amide bonds. The molecule has 3 heteroatoms. The third-order valence-electron chi connectivity index (χ3n) is 12.7. The molecule has 0 aliphatic carbocycles. The number of nitrogens with zero attached hydrogens (tertiary/aromatic N) is 1. The molecule has 0 atom stereocenters. The normalized spacial score (nSPS) is 11.9. The first-order valence-corrected chi connectivity index (χ1v) is 23.0. The average molecular weight is 794 g/mol. The molecule has 0 saturated heterocycles. The molecule has 0 spiro atoms. The highest BCUT2D eigenvalue weighted by Gasteiger charge is 2.41. The molecule has 11 aromatic carbocycles. The first-order valence-electron chi connectivity index (χ1n) is 21.0. The van der Waals surface area contributed by atoms with Crippen LogP contribution >= 0.6 is 0 Å². The van der Waals surface area contributed by atoms with Crippen molar-refractivity contribution in [1.29, 1.82) is 0 Å². The highest BCUT2D eigenvalue weighted by atomic mass is 28.3. The van der Waals surface area contributed by atoms with Crippen molar-refractivity contribution in [1.82, 2.24) is 0 Å². The van der Waals surface area contributed by atoms with E-state index in [1.54, 1.807) is 0 Å². The van der Waals surface area contributed by atoms with Gasteiger partial charge in [0.2, 0.25) is 0 Å². The van der Waals surface area contributed by atoms with E-state index in [0.29, 0.717) is 0 Å². The molecule has 12 aromatic rings. The van der Waals surface area contributed by atoms with E-state index in [1.807, 2.05) is 12.1 Å². The smallest absolute Gasteiger partial charge is 0.179 e. The van der Waals surface area contributed by atoms with E-state index in [-0.39, 0.29) is 0 Å². The summed E-state index contributed by atoms with van der Waals surface area (Å²) < 4.78 is 6.16. The van der Waals surface area contributed by atoms with Gasteiger partial charge in [0.25, 0.3) is 0 Å². The van der Waals surface area contributed by atoms with Crippen LogP contribution in [0.4, 0.5) is 17.1 Å². The predicted molar refractivity (Wildman–Crippen MR) is 261 cm³/mol. The van der Waals surface area contributed by atoms with Gasteiger partial charge in [-0.1, -0.05) is 182 Å². The van der Waals surface area contributed by atoms with Crippen molar-refractivity contribution in [2.24, 2.45) is 0 Å². The summed E-state index contributed by atoms with van der Waals surface area (Å²) in [4.78, 5) is 2.42. The largest absolute Gasteiger partial charge is 0.456 e. The Hall–Kier alpha value is -7.72. The number of rotatable bonds is 8. The van der Waals surface area contributed by atoms with Gasteiger partial charge in [-0.3, -0.25) is 0 Å². The van der Waals surface area contributed by atoms with Crippen LogP contribution in [-0.4, -0.2) is 8.07 Å². The standard InChI is InChI=1S/C58H39NOSi/c1-4-15-49(16-5-1)61(50-17-6-2-7-18-50,51-19-8-3-9-20-51)52-34-32-47(33-35-52)59(48-37-44-25-23-41-13-12-14-42-24-26-45(38-48)58(44)57(41)42)46-30-27-40(28-31-46)43-29-36-56-54(39-43)53-21-10-11-22-55(53)60-56/h1-39H. The van der Waals surface area contributed by atoms with Gasteiger partial charge in [-0.15, -0.1) is 0 Å². The molecule has 2 nitrogen and oxygen atoms in total. The van der Waals surface area contributed by atoms with E-state index in [4.69, 9.17) is 4.42 Å². The molecule has 0 radical (unpaired) electrons. The Balaban J connectivity index is 1.03. The minimum atomic E-state index is -2.70. The molecule has 0 saturated carbocycles. The topological polar surface area (TPSA) is 16.4 Å². The van der Waals surface area contributed by atoms with E-state index in [1.165, 1.54) is 53.1 Å². The molecule has 1 heterocycles. The van der Waals surface area contributed by atoms with Crippen LogP contribution in [0.5, 0.6) is 0 Å². The first kappa shape index (κ1) is 35.2. The molecular formula is C58H39NOSi. The molecule has 0 aliphatic heterocycles. The second-order valence-corrected chi connectivity index (χ2v) is 19.9. The first-order chi connectivity index (χ1) is 30.2. The number of hydrogen-bond donors (Lipinski definition) is 0. The van der Waals surface area contributed by atoms with Crippen molar-refractivity contribution in [2.75, 3.05) is 4.90 Å². The van der Waals surface area contributed by atoms with E-state index >= 15 is 0 Å². The lowest BCUT2D eigenvalue weighted by molar-refractivity contribution is 0.669. The lowest BCUT2D eigenvalue weighted by atomic mass is 9.93. The van der Waals surface area contributed by atoms with Crippen LogP contribution in [0.1, 0.15) is 0 Å². The Labute approximate surface area is 355 Å². The molecule has 12 rings (SSSR count). The van der Waals surface area contributed by atoms with Gasteiger partial charge in [-0.05, 0) is 119 Å². The molecule has 286 valence electrons. The Bertz CT molecular complexity index is 3350. The lowest BCUT2D eigenvalue weighted by Crippen LogP contribution is -2.74. The second-order valence-electron chi connectivity index (χ2n) is 16.1. The summed E-state index contributed by atoms with van der Waals surface area (Å²) in [6.07, 6.45) is 0. The van der Waals surface area contributed by atoms with Gasteiger partial charge in [0.05, 0.1) is 0 Å². The van der Waals surface area contributed by atoms with Gasteiger partial charge in [0.15, 0.2) is 8.07 Å². The minimum Gasteiger partial charge on any atom is -0.456 e. The Kier molecular flexibility index (Phi) is 8.22. The summed E-state index contributed by atoms with van der Waals surface area (Å²) in [6.45, 7) is 0. The number of fused-ring (bicyclic) bond motifs is 3. The molecule has 0 bridgehead atoms. The molecule has 0 N–H and O–H groups in total. The quantitative estimate of drug-likeness (QED) is 0.0865. The zero-order valence-corrected chi connectivity index (χ0v) is 34.4. The third-order valence-corrected chi connectivity index (χ3v) is 17.5. The monoisotopic (exact) mass is 793 g/mol. The summed E-state index contributed by atoms with van der Waals surface area (Å²) in [7, 11) is -2.70. The van der Waals surface area contributed by atoms with Crippen molar-refractivity contribution in [2.45, 2.75) is 0 Å². The van der Waals surface area contributed by atoms with Gasteiger partial charge in [-0.2, -0.15) is 0 Å². The zero-order chi connectivity index (χ0) is 40.3. The van der Waals surface area contributed by atoms with Crippen LogP contribution < -0.4 is 25.6 Å². The SMILES string of the molecule is c1ccc([Si](c2ccccc2)(c2ccccc2)c2ccc(N(c3ccc(-c4ccc5oc6ccccc6c5c4)cc3)c3cc4ccc5cccc6ccc(c3)c4c56)cc2)cc1. The van der Waals surface area contributed by atoms with E-state index < -0.39 is 8.07 Å². The summed E-state index contributed by atoms with van der Waals surface area (Å²) in [5, 5.41) is 15.4. The van der Waals surface area contributed by atoms with Crippen LogP contribution in [0.2, 0.25) is 0 Å². The van der Waals surface area contributed by atoms with Crippen LogP contribution in [0, 0.1) is 0 Å². The Morgan fingerprint density at radius 2 is 0.754 bits per heavy atom. The zero-order valence-electron chi connectivity index (χ0n) is 33.4. The molecular weight excluding hydrogens is 755 g/mol. The van der Waals surface area contributed by atoms with Crippen LogP contribution in [0.15, 0.2) is 241 Å². The second kappa shape index (κ2) is 14.2. The lowest BCUT2D eigenvalue weighted by Gasteiger charge is -2.35. The Morgan fingerprint density at radius 3 is 1.34 bits per heavy atom. The van der Waals surface area contributed by atoms with Gasteiger partial charge in [-0.25, -0.2) is 0 Å². The van der Waals surface area contributed by atoms with Crippen LogP contribution in [0.3, 0.4) is 0 Å². The van der Waals surface area contributed by atoms with Gasteiger partial charge in [0, 0.05) is 27.8 Å². The molecule has 0 unspecified atom stereocenters. The van der Waals surface area contributed by atoms with Gasteiger partial charge >= 0.3 is 0 Å². The highest BCUT2D eigenvalue weighted by molar-refractivity contribution is 7.19. The van der Waals surface area contributed by atoms with Crippen LogP contribution in [-0.2, 0) is 0 Å². The summed E-state index contributed by atoms with van der Waals surface area (Å²) in [6, 6.07) is 87.2. The predicted octanol–water partition coefficient (Wildman–Crippen LogP) is 13.0. The highest BCUT2D eigenvalue weighted by Crippen LogP contribution is 2.42. The summed E-state index contributed by atoms with van der Waals surface area (Å²) in [5.41, 5.74) is 7.46. The number of para-hydroxylation sites is 1. The maximum Gasteiger partial charge on any atom is 0.179 e. The minimum absolute atomic E-state index is 0.907. The third kappa shape index (κ3) is 5.70. The van der Waals surface area contributed by atoms with E-state index in [9.17, 15) is 0 Å². The van der Waals surface area contributed by atoms with Crippen molar-refractivity contribution >= 4 is 100 Å². The fraction of sp³-hybridized carbons (Fsp3) is 0. The number of anilines is 3. The van der Waals surface area contributed by atoms with Crippen molar-refractivity contribution < 1.29 is 4.42 Å². The van der Waals surface area contributed by atoms with Gasteiger partial charge in [0.1, 0.15) is 11.2 Å². The summed E-state index contributed by atoms with van der Waals surface area (Å²) in [5.74, 6) is 0. The van der Waals surface area contributed by atoms with Gasteiger partial charge < -0.3 is 9.32 Å². The molecule has 0 aliphatic rings. The maximum absolute atomic E-state index is 6.16. The average Bonchev–Trinajstić information content (AvgIpc) is 3.71. The molecule has 61 heavy (non-hydrogen) atoms. The van der Waals surface area contributed by atoms with E-state index in [0.717, 1.165) is 50.1 Å².